The molecular weight excluding hydrogens is 226 g/mol. The van der Waals surface area contributed by atoms with Gasteiger partial charge in [-0.25, -0.2) is 0 Å². The molecule has 4 nitrogen and oxygen atoms in total. The molecule has 1 heterocycles. The zero-order valence-corrected chi connectivity index (χ0v) is 12.2. The van der Waals surface area contributed by atoms with Crippen molar-refractivity contribution in [3.05, 3.63) is 0 Å². The van der Waals surface area contributed by atoms with Crippen molar-refractivity contribution in [3.8, 4) is 0 Å². The van der Waals surface area contributed by atoms with Gasteiger partial charge in [0, 0.05) is 12.1 Å². The minimum Gasteiger partial charge on any atom is -0.324 e. The normalized spacial score (nSPS) is 26.6. The van der Waals surface area contributed by atoms with E-state index in [1.54, 1.807) is 0 Å². The summed E-state index contributed by atoms with van der Waals surface area (Å²) in [4.78, 5) is 16.4. The molecule has 1 N–H and O–H groups in total. The Labute approximate surface area is 111 Å². The molecule has 1 saturated heterocycles. The fraction of sp³-hybridized carbons (Fsp3) is 0.929. The zero-order valence-electron chi connectivity index (χ0n) is 12.2. The van der Waals surface area contributed by atoms with E-state index in [1.807, 2.05) is 0 Å². The van der Waals surface area contributed by atoms with Gasteiger partial charge >= 0.3 is 0 Å². The Morgan fingerprint density at radius 1 is 1.33 bits per heavy atom. The van der Waals surface area contributed by atoms with Crippen LogP contribution in [0.4, 0.5) is 0 Å². The van der Waals surface area contributed by atoms with Gasteiger partial charge in [-0.1, -0.05) is 12.8 Å². The predicted octanol–water partition coefficient (Wildman–Crippen LogP) is 1.27. The predicted molar refractivity (Wildman–Crippen MR) is 73.2 cm³/mol. The second-order valence-corrected chi connectivity index (χ2v) is 6.60. The Bertz CT molecular complexity index is 308. The van der Waals surface area contributed by atoms with Crippen molar-refractivity contribution in [2.75, 3.05) is 27.2 Å². The number of nitrogens with one attached hydrogen (secondary N) is 1. The van der Waals surface area contributed by atoms with Crippen LogP contribution in [-0.4, -0.2) is 54.6 Å². The number of rotatable bonds is 4. The van der Waals surface area contributed by atoms with Gasteiger partial charge in [-0.2, -0.15) is 0 Å². The Hall–Kier alpha value is -0.610. The third-order valence-electron chi connectivity index (χ3n) is 4.73. The molecule has 18 heavy (non-hydrogen) atoms. The van der Waals surface area contributed by atoms with Crippen LogP contribution in [-0.2, 0) is 4.79 Å². The smallest absolute Gasteiger partial charge is 0.237 e. The van der Waals surface area contributed by atoms with Crippen molar-refractivity contribution in [2.45, 2.75) is 51.2 Å². The first-order chi connectivity index (χ1) is 8.42. The highest BCUT2D eigenvalue weighted by Crippen LogP contribution is 2.31. The molecule has 2 aliphatic rings. The Balaban J connectivity index is 2.05. The van der Waals surface area contributed by atoms with Crippen LogP contribution in [0.15, 0.2) is 0 Å². The molecule has 4 heteroatoms. The highest BCUT2D eigenvalue weighted by atomic mass is 16.2. The van der Waals surface area contributed by atoms with Crippen LogP contribution in [0.1, 0.15) is 39.5 Å². The summed E-state index contributed by atoms with van der Waals surface area (Å²) in [5.41, 5.74) is 0.0263. The summed E-state index contributed by atoms with van der Waals surface area (Å²) in [5, 5.41) is 3.42. The summed E-state index contributed by atoms with van der Waals surface area (Å²) < 4.78 is 0. The molecule has 0 spiro atoms. The van der Waals surface area contributed by atoms with Gasteiger partial charge in [-0.05, 0) is 46.7 Å². The molecule has 1 atom stereocenters. The zero-order chi connectivity index (χ0) is 13.3. The van der Waals surface area contributed by atoms with Crippen molar-refractivity contribution in [1.82, 2.24) is 15.1 Å². The topological polar surface area (TPSA) is 35.6 Å². The second-order valence-electron chi connectivity index (χ2n) is 6.60. The lowest BCUT2D eigenvalue weighted by Gasteiger charge is -2.39. The number of carbonyl (C=O) groups is 1. The Morgan fingerprint density at radius 3 is 2.50 bits per heavy atom. The van der Waals surface area contributed by atoms with Crippen molar-refractivity contribution in [1.29, 1.82) is 0 Å². The van der Waals surface area contributed by atoms with Gasteiger partial charge in [-0.3, -0.25) is 10.1 Å². The lowest BCUT2D eigenvalue weighted by molar-refractivity contribution is -0.130. The van der Waals surface area contributed by atoms with Crippen LogP contribution >= 0.6 is 0 Å². The maximum atomic E-state index is 12.1. The van der Waals surface area contributed by atoms with Gasteiger partial charge in [0.05, 0.1) is 12.7 Å². The van der Waals surface area contributed by atoms with Gasteiger partial charge in [0.1, 0.15) is 0 Å². The fourth-order valence-electron chi connectivity index (χ4n) is 3.00. The Morgan fingerprint density at radius 2 is 1.94 bits per heavy atom. The maximum absolute atomic E-state index is 12.1. The molecule has 104 valence electrons. The molecule has 0 aromatic rings. The summed E-state index contributed by atoms with van der Waals surface area (Å²) in [7, 11) is 4.16. The van der Waals surface area contributed by atoms with Crippen LogP contribution in [0.3, 0.4) is 0 Å². The summed E-state index contributed by atoms with van der Waals surface area (Å²) >= 11 is 0. The first-order valence-electron chi connectivity index (χ1n) is 7.12. The van der Waals surface area contributed by atoms with E-state index in [0.717, 1.165) is 6.54 Å². The number of nitrogens with zero attached hydrogens (tertiary/aromatic N) is 2. The fourth-order valence-corrected chi connectivity index (χ4v) is 3.00. The van der Waals surface area contributed by atoms with Gasteiger partial charge < -0.3 is 9.80 Å². The van der Waals surface area contributed by atoms with Crippen LogP contribution in [0, 0.1) is 5.92 Å². The van der Waals surface area contributed by atoms with E-state index in [9.17, 15) is 4.79 Å². The number of amides is 1. The van der Waals surface area contributed by atoms with Crippen molar-refractivity contribution in [3.63, 3.8) is 0 Å². The van der Waals surface area contributed by atoms with Crippen molar-refractivity contribution < 1.29 is 4.79 Å². The lowest BCUT2D eigenvalue weighted by atomic mass is 9.99. The minimum atomic E-state index is 0.0263. The third kappa shape index (κ3) is 2.69. The van der Waals surface area contributed by atoms with Gasteiger partial charge in [0.2, 0.25) is 5.91 Å². The average molecular weight is 253 g/mol. The molecule has 1 aliphatic carbocycles. The van der Waals surface area contributed by atoms with Gasteiger partial charge in [0.15, 0.2) is 0 Å². The van der Waals surface area contributed by atoms with Crippen molar-refractivity contribution in [2.24, 2.45) is 5.92 Å². The molecule has 1 saturated carbocycles. The number of carbonyl (C=O) groups excluding carboxylic acids is 1. The Kier molecular flexibility index (Phi) is 3.97. The van der Waals surface area contributed by atoms with Crippen LogP contribution in [0.5, 0.6) is 0 Å². The lowest BCUT2D eigenvalue weighted by Crippen LogP contribution is -2.53. The molecule has 0 radical (unpaired) electrons. The first-order valence-corrected chi connectivity index (χ1v) is 7.12. The van der Waals surface area contributed by atoms with Gasteiger partial charge in [-0.15, -0.1) is 0 Å². The SMILES string of the molecule is CN(C)C(C)(C)CN1C(=O)CNC1C1CCCC1. The summed E-state index contributed by atoms with van der Waals surface area (Å²) in [6, 6.07) is 0. The molecule has 1 unspecified atom stereocenters. The number of hydrogen-bond donors (Lipinski definition) is 1. The summed E-state index contributed by atoms with van der Waals surface area (Å²) in [6.45, 7) is 5.73. The quantitative estimate of drug-likeness (QED) is 0.819. The van der Waals surface area contributed by atoms with E-state index in [1.165, 1.54) is 25.7 Å². The monoisotopic (exact) mass is 253 g/mol. The summed E-state index contributed by atoms with van der Waals surface area (Å²) in [6.07, 6.45) is 5.46. The minimum absolute atomic E-state index is 0.0263. The average Bonchev–Trinajstić information content (AvgIpc) is 2.89. The second kappa shape index (κ2) is 5.17. The molecule has 1 aliphatic heterocycles. The highest BCUT2D eigenvalue weighted by molar-refractivity contribution is 5.80. The van der Waals surface area contributed by atoms with E-state index in [4.69, 9.17) is 0 Å². The molecule has 1 amide bonds. The maximum Gasteiger partial charge on any atom is 0.237 e. The first kappa shape index (κ1) is 13.8. The van der Waals surface area contributed by atoms with Crippen molar-refractivity contribution >= 4 is 5.91 Å². The van der Waals surface area contributed by atoms with E-state index in [-0.39, 0.29) is 17.6 Å². The molecule has 0 aromatic carbocycles. The van der Waals surface area contributed by atoms with Gasteiger partial charge in [0.25, 0.3) is 0 Å². The molecule has 0 aromatic heterocycles. The van der Waals surface area contributed by atoms with E-state index < -0.39 is 0 Å². The third-order valence-corrected chi connectivity index (χ3v) is 4.73. The largest absolute Gasteiger partial charge is 0.324 e. The van der Waals surface area contributed by atoms with E-state index >= 15 is 0 Å². The standard InChI is InChI=1S/C14H27N3O/c1-14(2,16(3)4)10-17-12(18)9-15-13(17)11-7-5-6-8-11/h11,13,15H,5-10H2,1-4H3. The highest BCUT2D eigenvalue weighted by Gasteiger charge is 2.39. The van der Waals surface area contributed by atoms with Crippen LogP contribution in [0.25, 0.3) is 0 Å². The number of hydrogen-bond acceptors (Lipinski definition) is 3. The molecule has 0 bridgehead atoms. The summed E-state index contributed by atoms with van der Waals surface area (Å²) in [5.74, 6) is 0.927. The molecular formula is C14H27N3O. The van der Waals surface area contributed by atoms with Crippen LogP contribution < -0.4 is 5.32 Å². The van der Waals surface area contributed by atoms with E-state index in [0.29, 0.717) is 12.5 Å². The molecule has 2 fully saturated rings. The number of likely N-dealkylation sites (N-methyl/N-ethyl adjacent to an activating group) is 1. The van der Waals surface area contributed by atoms with E-state index in [2.05, 4.69) is 43.1 Å². The van der Waals surface area contributed by atoms with Crippen LogP contribution in [0.2, 0.25) is 0 Å². The molecule has 2 rings (SSSR count).